The number of fused-ring (bicyclic) bond motifs is 1. The van der Waals surface area contributed by atoms with Crippen LogP contribution in [0.4, 0.5) is 0 Å². The molecule has 0 radical (unpaired) electrons. The van der Waals surface area contributed by atoms with Gasteiger partial charge >= 0.3 is 5.97 Å². The number of carboxylic acid groups (broad SMARTS) is 1. The molecule has 0 fully saturated rings. The van der Waals surface area contributed by atoms with Gasteiger partial charge in [0.1, 0.15) is 5.75 Å². The van der Waals surface area contributed by atoms with Crippen LogP contribution in [0.2, 0.25) is 5.02 Å². The van der Waals surface area contributed by atoms with Crippen molar-refractivity contribution in [2.45, 2.75) is 6.10 Å². The van der Waals surface area contributed by atoms with E-state index in [0.717, 1.165) is 0 Å². The molecule has 0 bridgehead atoms. The molecule has 0 heterocycles. The first-order valence-electron chi connectivity index (χ1n) is 4.82. The first-order valence-corrected chi connectivity index (χ1v) is 5.20. The Balaban J connectivity index is 2.65. The summed E-state index contributed by atoms with van der Waals surface area (Å²) in [5.74, 6) is -1.67. The number of carbonyl (C=O) groups is 1. The minimum Gasteiger partial charge on any atom is -0.508 e. The van der Waals surface area contributed by atoms with E-state index in [-0.39, 0.29) is 11.3 Å². The van der Waals surface area contributed by atoms with E-state index in [1.165, 1.54) is 12.1 Å². The van der Waals surface area contributed by atoms with Gasteiger partial charge < -0.3 is 15.3 Å². The Kier molecular flexibility index (Phi) is 2.92. The molecule has 2 aromatic carbocycles. The third kappa shape index (κ3) is 2.18. The maximum Gasteiger partial charge on any atom is 0.337 e. The summed E-state index contributed by atoms with van der Waals surface area (Å²) in [4.78, 5) is 10.7. The minimum atomic E-state index is -1.75. The van der Waals surface area contributed by atoms with E-state index in [1.54, 1.807) is 18.2 Å². The number of phenolic OH excluding ortho intramolecular Hbond substituents is 1. The van der Waals surface area contributed by atoms with Crippen molar-refractivity contribution in [2.75, 3.05) is 0 Å². The lowest BCUT2D eigenvalue weighted by atomic mass is 10.0. The van der Waals surface area contributed by atoms with Gasteiger partial charge in [0.15, 0.2) is 6.10 Å². The lowest BCUT2D eigenvalue weighted by Crippen LogP contribution is -2.10. The van der Waals surface area contributed by atoms with Crippen LogP contribution < -0.4 is 0 Å². The molecule has 17 heavy (non-hydrogen) atoms. The van der Waals surface area contributed by atoms with E-state index in [4.69, 9.17) is 16.7 Å². The number of carboxylic acids is 1. The zero-order chi connectivity index (χ0) is 12.6. The van der Waals surface area contributed by atoms with Gasteiger partial charge in [-0.1, -0.05) is 17.7 Å². The summed E-state index contributed by atoms with van der Waals surface area (Å²) in [6, 6.07) is 7.81. The van der Waals surface area contributed by atoms with E-state index < -0.39 is 12.1 Å². The van der Waals surface area contributed by atoms with Crippen molar-refractivity contribution in [1.29, 1.82) is 0 Å². The summed E-state index contributed by atoms with van der Waals surface area (Å²) in [6.45, 7) is 0. The Morgan fingerprint density at radius 2 is 1.88 bits per heavy atom. The smallest absolute Gasteiger partial charge is 0.337 e. The van der Waals surface area contributed by atoms with E-state index in [9.17, 15) is 15.0 Å². The Morgan fingerprint density at radius 1 is 1.18 bits per heavy atom. The number of halogens is 1. The number of aliphatic hydroxyl groups is 1. The molecule has 1 atom stereocenters. The third-order valence-electron chi connectivity index (χ3n) is 2.48. The van der Waals surface area contributed by atoms with Gasteiger partial charge in [-0.15, -0.1) is 0 Å². The molecule has 0 spiro atoms. The normalized spacial score (nSPS) is 12.6. The van der Waals surface area contributed by atoms with Crippen LogP contribution in [0.15, 0.2) is 30.3 Å². The number of aliphatic hydroxyl groups excluding tert-OH is 1. The van der Waals surface area contributed by atoms with Crippen molar-refractivity contribution < 1.29 is 20.1 Å². The van der Waals surface area contributed by atoms with Crippen molar-refractivity contribution in [3.05, 3.63) is 40.9 Å². The average molecular weight is 253 g/mol. The minimum absolute atomic E-state index is 0.0488. The first kappa shape index (κ1) is 11.7. The second-order valence-corrected chi connectivity index (χ2v) is 4.08. The highest BCUT2D eigenvalue weighted by atomic mass is 35.5. The van der Waals surface area contributed by atoms with Gasteiger partial charge in [0, 0.05) is 10.6 Å². The molecule has 3 N–H and O–H groups in total. The number of hydrogen-bond acceptors (Lipinski definition) is 3. The molecule has 0 aliphatic heterocycles. The highest BCUT2D eigenvalue weighted by Gasteiger charge is 2.20. The van der Waals surface area contributed by atoms with Crippen molar-refractivity contribution in [3.8, 4) is 5.75 Å². The number of aromatic hydroxyl groups is 1. The van der Waals surface area contributed by atoms with Gasteiger partial charge in [0.25, 0.3) is 0 Å². The number of benzene rings is 2. The molecule has 0 amide bonds. The van der Waals surface area contributed by atoms with Gasteiger partial charge in [0.05, 0.1) is 0 Å². The van der Waals surface area contributed by atoms with E-state index in [1.807, 2.05) is 0 Å². The Morgan fingerprint density at radius 3 is 2.53 bits per heavy atom. The second kappa shape index (κ2) is 4.24. The van der Waals surface area contributed by atoms with E-state index >= 15 is 0 Å². The standard InChI is InChI=1S/C12H9ClO4/c13-8-2-1-6-5-10(14)9(4-7(6)3-8)11(15)12(16)17/h1-5,11,14-15H,(H,16,17). The maximum atomic E-state index is 10.7. The summed E-state index contributed by atoms with van der Waals surface area (Å²) in [7, 11) is 0. The molecule has 0 aliphatic rings. The van der Waals surface area contributed by atoms with Crippen LogP contribution in [0.1, 0.15) is 11.7 Å². The fraction of sp³-hybridized carbons (Fsp3) is 0.0833. The van der Waals surface area contributed by atoms with Crippen LogP contribution in [0.25, 0.3) is 10.8 Å². The molecule has 5 heteroatoms. The van der Waals surface area contributed by atoms with Gasteiger partial charge in [-0.2, -0.15) is 0 Å². The molecule has 0 saturated carbocycles. The number of aliphatic carboxylic acids is 1. The number of rotatable bonds is 2. The summed E-state index contributed by atoms with van der Waals surface area (Å²) < 4.78 is 0. The molecule has 1 unspecified atom stereocenters. The largest absolute Gasteiger partial charge is 0.508 e. The SMILES string of the molecule is O=C(O)C(O)c1cc2cc(Cl)ccc2cc1O. The molecule has 0 aliphatic carbocycles. The highest BCUT2D eigenvalue weighted by molar-refractivity contribution is 6.31. The van der Waals surface area contributed by atoms with Gasteiger partial charge in [-0.05, 0) is 35.0 Å². The summed E-state index contributed by atoms with van der Waals surface area (Å²) in [5, 5.41) is 29.6. The zero-order valence-corrected chi connectivity index (χ0v) is 9.35. The van der Waals surface area contributed by atoms with E-state index in [2.05, 4.69) is 0 Å². The quantitative estimate of drug-likeness (QED) is 0.766. The Labute approximate surface area is 102 Å². The van der Waals surface area contributed by atoms with Gasteiger partial charge in [-0.3, -0.25) is 0 Å². The molecule has 88 valence electrons. The van der Waals surface area contributed by atoms with Crippen LogP contribution in [-0.2, 0) is 4.79 Å². The van der Waals surface area contributed by atoms with Gasteiger partial charge in [-0.25, -0.2) is 4.79 Å². The molecule has 2 aromatic rings. The topological polar surface area (TPSA) is 77.8 Å². The number of phenols is 1. The highest BCUT2D eigenvalue weighted by Crippen LogP contribution is 2.31. The van der Waals surface area contributed by atoms with Crippen molar-refractivity contribution in [2.24, 2.45) is 0 Å². The summed E-state index contributed by atoms with van der Waals surface area (Å²) >= 11 is 5.81. The lowest BCUT2D eigenvalue weighted by Gasteiger charge is -2.10. The molecular formula is C12H9ClO4. The van der Waals surface area contributed by atoms with Crippen molar-refractivity contribution in [3.63, 3.8) is 0 Å². The predicted octanol–water partition coefficient (Wildman–Crippen LogP) is 2.32. The summed E-state index contributed by atoms with van der Waals surface area (Å²) in [6.07, 6.45) is -1.75. The van der Waals surface area contributed by atoms with Crippen LogP contribution in [0.3, 0.4) is 0 Å². The third-order valence-corrected chi connectivity index (χ3v) is 2.71. The molecule has 2 rings (SSSR count). The van der Waals surface area contributed by atoms with Crippen LogP contribution >= 0.6 is 11.6 Å². The molecular weight excluding hydrogens is 244 g/mol. The maximum absolute atomic E-state index is 10.7. The number of hydrogen-bond donors (Lipinski definition) is 3. The second-order valence-electron chi connectivity index (χ2n) is 3.64. The molecule has 0 aromatic heterocycles. The average Bonchev–Trinajstić information content (AvgIpc) is 2.27. The Bertz CT molecular complexity index is 594. The fourth-order valence-electron chi connectivity index (χ4n) is 1.63. The van der Waals surface area contributed by atoms with Crippen LogP contribution in [-0.4, -0.2) is 21.3 Å². The lowest BCUT2D eigenvalue weighted by molar-refractivity contribution is -0.147. The van der Waals surface area contributed by atoms with E-state index in [0.29, 0.717) is 15.8 Å². The van der Waals surface area contributed by atoms with Crippen LogP contribution in [0, 0.1) is 0 Å². The molecule has 0 saturated heterocycles. The van der Waals surface area contributed by atoms with Crippen molar-refractivity contribution in [1.82, 2.24) is 0 Å². The zero-order valence-electron chi connectivity index (χ0n) is 8.59. The van der Waals surface area contributed by atoms with Crippen molar-refractivity contribution >= 4 is 28.3 Å². The van der Waals surface area contributed by atoms with Crippen LogP contribution in [0.5, 0.6) is 5.75 Å². The predicted molar refractivity (Wildman–Crippen MR) is 63.2 cm³/mol. The summed E-state index contributed by atoms with van der Waals surface area (Å²) in [5.41, 5.74) is -0.0488. The molecule has 4 nitrogen and oxygen atoms in total. The Hall–Kier alpha value is -1.78. The van der Waals surface area contributed by atoms with Gasteiger partial charge in [0.2, 0.25) is 0 Å². The monoisotopic (exact) mass is 252 g/mol. The first-order chi connectivity index (χ1) is 7.99. The fourth-order valence-corrected chi connectivity index (χ4v) is 1.81.